The number of nitrogens with one attached hydrogen (secondary N) is 1. The minimum Gasteiger partial charge on any atom is -0.451 e. The van der Waals surface area contributed by atoms with Crippen LogP contribution in [0.4, 0.5) is 5.69 Å². The van der Waals surface area contributed by atoms with Crippen molar-refractivity contribution in [1.29, 1.82) is 0 Å². The van der Waals surface area contributed by atoms with E-state index in [4.69, 9.17) is 16.3 Å². The van der Waals surface area contributed by atoms with Crippen LogP contribution in [0.2, 0.25) is 5.02 Å². The second-order valence-corrected chi connectivity index (χ2v) is 7.69. The molecule has 0 radical (unpaired) electrons. The molecule has 0 saturated heterocycles. The van der Waals surface area contributed by atoms with Crippen LogP contribution in [0.1, 0.15) is 27.4 Å². The highest BCUT2D eigenvalue weighted by molar-refractivity contribution is 9.10. The Morgan fingerprint density at radius 3 is 2.59 bits per heavy atom. The fourth-order valence-corrected chi connectivity index (χ4v) is 3.10. The summed E-state index contributed by atoms with van der Waals surface area (Å²) < 4.78 is 7.62. The van der Waals surface area contributed by atoms with Crippen LogP contribution >= 0.6 is 27.5 Å². The van der Waals surface area contributed by atoms with Crippen molar-refractivity contribution in [2.24, 2.45) is 0 Å². The summed E-state index contributed by atoms with van der Waals surface area (Å²) in [7, 11) is 0. The number of rotatable bonds is 5. The lowest BCUT2D eigenvalue weighted by molar-refractivity contribution is -0.119. The zero-order valence-electron chi connectivity index (χ0n) is 16.0. The molecule has 3 rings (SSSR count). The maximum atomic E-state index is 12.4. The number of esters is 1. The van der Waals surface area contributed by atoms with E-state index < -0.39 is 18.5 Å². The van der Waals surface area contributed by atoms with Gasteiger partial charge in [-0.15, -0.1) is 0 Å². The zero-order chi connectivity index (χ0) is 21.1. The molecule has 2 aromatic heterocycles. The van der Waals surface area contributed by atoms with Gasteiger partial charge in [0.05, 0.1) is 10.7 Å². The number of ether oxygens (including phenoxy) is 1. The number of benzene rings is 1. The second-order valence-electron chi connectivity index (χ2n) is 6.43. The molecule has 29 heavy (non-hydrogen) atoms. The Kier molecular flexibility index (Phi) is 6.34. The van der Waals surface area contributed by atoms with Crippen molar-refractivity contribution < 1.29 is 14.3 Å². The van der Waals surface area contributed by atoms with Crippen molar-refractivity contribution in [3.8, 4) is 5.82 Å². The molecule has 0 saturated carbocycles. The van der Waals surface area contributed by atoms with E-state index in [9.17, 15) is 9.59 Å². The molecule has 150 valence electrons. The van der Waals surface area contributed by atoms with Gasteiger partial charge in [0, 0.05) is 15.9 Å². The molecule has 1 N–H and O–H groups in total. The summed E-state index contributed by atoms with van der Waals surface area (Å²) >= 11 is 9.50. The minimum atomic E-state index is -0.791. The molecule has 0 fully saturated rings. The van der Waals surface area contributed by atoms with Crippen molar-refractivity contribution in [2.75, 3.05) is 11.9 Å². The standard InChI is InChI=1S/C20H18BrClN4O3/c1-11-8-14(4-5-15(11)21)23-18(27)10-29-20(28)19-16(22)6-7-17(24-19)26-13(3)9-12(2)25-26/h4-9H,10H2,1-3H3,(H,23,27). The highest BCUT2D eigenvalue weighted by Gasteiger charge is 2.18. The van der Waals surface area contributed by atoms with Crippen LogP contribution in [0.15, 0.2) is 40.9 Å². The molecule has 0 unspecified atom stereocenters. The fourth-order valence-electron chi connectivity index (χ4n) is 2.67. The van der Waals surface area contributed by atoms with E-state index in [1.165, 1.54) is 0 Å². The van der Waals surface area contributed by atoms with E-state index in [0.717, 1.165) is 21.4 Å². The van der Waals surface area contributed by atoms with E-state index in [2.05, 4.69) is 31.3 Å². The molecule has 3 aromatic rings. The number of amides is 1. The minimum absolute atomic E-state index is 0.0796. The number of carbonyl (C=O) groups is 2. The molecular weight excluding hydrogens is 460 g/mol. The quantitative estimate of drug-likeness (QED) is 0.550. The number of aryl methyl sites for hydroxylation is 3. The molecule has 7 nitrogen and oxygen atoms in total. The number of carbonyl (C=O) groups excluding carboxylic acids is 2. The highest BCUT2D eigenvalue weighted by Crippen LogP contribution is 2.20. The lowest BCUT2D eigenvalue weighted by Gasteiger charge is -2.10. The van der Waals surface area contributed by atoms with Gasteiger partial charge < -0.3 is 10.1 Å². The number of pyridine rings is 1. The predicted octanol–water partition coefficient (Wildman–Crippen LogP) is 4.40. The molecule has 2 heterocycles. The van der Waals surface area contributed by atoms with Gasteiger partial charge in [0.25, 0.3) is 5.91 Å². The monoisotopic (exact) mass is 476 g/mol. The van der Waals surface area contributed by atoms with Crippen LogP contribution < -0.4 is 5.32 Å². The molecule has 0 spiro atoms. The lowest BCUT2D eigenvalue weighted by Crippen LogP contribution is -2.22. The smallest absolute Gasteiger partial charge is 0.359 e. The van der Waals surface area contributed by atoms with Crippen LogP contribution in [-0.2, 0) is 9.53 Å². The van der Waals surface area contributed by atoms with E-state index in [1.807, 2.05) is 32.9 Å². The van der Waals surface area contributed by atoms with E-state index in [1.54, 1.807) is 28.9 Å². The van der Waals surface area contributed by atoms with Gasteiger partial charge in [-0.2, -0.15) is 5.10 Å². The Balaban J connectivity index is 1.68. The largest absolute Gasteiger partial charge is 0.451 e. The van der Waals surface area contributed by atoms with Gasteiger partial charge in [-0.05, 0) is 62.7 Å². The number of aromatic nitrogens is 3. The van der Waals surface area contributed by atoms with E-state index in [-0.39, 0.29) is 10.7 Å². The average molecular weight is 478 g/mol. The molecule has 0 bridgehead atoms. The normalized spacial score (nSPS) is 10.7. The summed E-state index contributed by atoms with van der Waals surface area (Å²) in [5.41, 5.74) is 3.18. The zero-order valence-corrected chi connectivity index (χ0v) is 18.3. The second kappa shape index (κ2) is 8.75. The topological polar surface area (TPSA) is 86.1 Å². The maximum Gasteiger partial charge on any atom is 0.359 e. The Morgan fingerprint density at radius 1 is 1.17 bits per heavy atom. The molecule has 0 aliphatic rings. The number of hydrogen-bond donors (Lipinski definition) is 1. The Hall–Kier alpha value is -2.71. The van der Waals surface area contributed by atoms with Gasteiger partial charge >= 0.3 is 5.97 Å². The van der Waals surface area contributed by atoms with Crippen LogP contribution in [-0.4, -0.2) is 33.2 Å². The molecular formula is C20H18BrClN4O3. The Bertz CT molecular complexity index is 1100. The first-order valence-electron chi connectivity index (χ1n) is 8.68. The first kappa shape index (κ1) is 21.0. The number of hydrogen-bond acceptors (Lipinski definition) is 5. The van der Waals surface area contributed by atoms with Crippen molar-refractivity contribution in [3.63, 3.8) is 0 Å². The number of anilines is 1. The van der Waals surface area contributed by atoms with Crippen molar-refractivity contribution in [3.05, 3.63) is 68.5 Å². The van der Waals surface area contributed by atoms with Crippen molar-refractivity contribution >= 4 is 45.1 Å². The van der Waals surface area contributed by atoms with Crippen LogP contribution in [0.3, 0.4) is 0 Å². The number of halogens is 2. The average Bonchev–Trinajstić information content (AvgIpc) is 3.01. The maximum absolute atomic E-state index is 12.4. The van der Waals surface area contributed by atoms with Crippen LogP contribution in [0, 0.1) is 20.8 Å². The van der Waals surface area contributed by atoms with Crippen LogP contribution in [0.25, 0.3) is 5.82 Å². The third-order valence-corrected chi connectivity index (χ3v) is 5.22. The predicted molar refractivity (Wildman–Crippen MR) is 114 cm³/mol. The van der Waals surface area contributed by atoms with Gasteiger partial charge in [0.1, 0.15) is 0 Å². The first-order chi connectivity index (χ1) is 13.7. The molecule has 1 aromatic carbocycles. The van der Waals surface area contributed by atoms with E-state index in [0.29, 0.717) is 11.5 Å². The SMILES string of the molecule is Cc1cc(C)n(-c2ccc(Cl)c(C(=O)OCC(=O)Nc3ccc(Br)c(C)c3)n2)n1. The third-order valence-electron chi connectivity index (χ3n) is 4.03. The van der Waals surface area contributed by atoms with E-state index >= 15 is 0 Å². The summed E-state index contributed by atoms with van der Waals surface area (Å²) in [5, 5.41) is 7.14. The fraction of sp³-hybridized carbons (Fsp3) is 0.200. The van der Waals surface area contributed by atoms with Gasteiger partial charge in [0.15, 0.2) is 18.1 Å². The summed E-state index contributed by atoms with van der Waals surface area (Å²) in [6.07, 6.45) is 0. The number of nitrogens with zero attached hydrogens (tertiary/aromatic N) is 3. The van der Waals surface area contributed by atoms with Gasteiger partial charge in [-0.25, -0.2) is 14.5 Å². The molecule has 0 aliphatic carbocycles. The van der Waals surface area contributed by atoms with Crippen LogP contribution in [0.5, 0.6) is 0 Å². The highest BCUT2D eigenvalue weighted by atomic mass is 79.9. The third kappa shape index (κ3) is 5.02. The Morgan fingerprint density at radius 2 is 1.93 bits per heavy atom. The summed E-state index contributed by atoms with van der Waals surface area (Å²) in [6, 6.07) is 10.5. The molecule has 9 heteroatoms. The summed E-state index contributed by atoms with van der Waals surface area (Å²) in [4.78, 5) is 28.8. The van der Waals surface area contributed by atoms with Gasteiger partial charge in [-0.3, -0.25) is 4.79 Å². The van der Waals surface area contributed by atoms with Crippen molar-refractivity contribution in [2.45, 2.75) is 20.8 Å². The molecule has 0 atom stereocenters. The molecule has 0 aliphatic heterocycles. The first-order valence-corrected chi connectivity index (χ1v) is 9.85. The van der Waals surface area contributed by atoms with Gasteiger partial charge in [-0.1, -0.05) is 27.5 Å². The molecule has 1 amide bonds. The van der Waals surface area contributed by atoms with Crippen molar-refractivity contribution in [1.82, 2.24) is 14.8 Å². The Labute approximate surface area is 181 Å². The lowest BCUT2D eigenvalue weighted by atomic mass is 10.2. The van der Waals surface area contributed by atoms with Gasteiger partial charge in [0.2, 0.25) is 0 Å². The summed E-state index contributed by atoms with van der Waals surface area (Å²) in [6.45, 7) is 5.18. The summed E-state index contributed by atoms with van der Waals surface area (Å²) in [5.74, 6) is -0.826.